The number of hydrogen-bond donors (Lipinski definition) is 0. The fourth-order valence-corrected chi connectivity index (χ4v) is 4.83. The van der Waals surface area contributed by atoms with Crippen molar-refractivity contribution in [3.05, 3.63) is 70.7 Å². The number of rotatable bonds is 4. The van der Waals surface area contributed by atoms with Gasteiger partial charge in [0.05, 0.1) is 6.04 Å². The normalized spacial score (nSPS) is 18.2. The average Bonchev–Trinajstić information content (AvgIpc) is 3.44. The van der Waals surface area contributed by atoms with Crippen LogP contribution in [0.15, 0.2) is 36.5 Å². The fraction of sp³-hybridized carbons (Fsp3) is 0.417. The van der Waals surface area contributed by atoms with E-state index in [0.717, 1.165) is 49.3 Å². The van der Waals surface area contributed by atoms with E-state index in [2.05, 4.69) is 10.00 Å². The van der Waals surface area contributed by atoms with Crippen molar-refractivity contribution in [2.24, 2.45) is 7.05 Å². The zero-order valence-electron chi connectivity index (χ0n) is 18.5. The smallest absolute Gasteiger partial charge is 0.272 e. The molecule has 2 aliphatic heterocycles. The fourth-order valence-electron chi connectivity index (χ4n) is 4.83. The molecule has 2 aromatic heterocycles. The number of carbonyl (C=O) groups excluding carboxylic acids is 1. The van der Waals surface area contributed by atoms with E-state index in [1.165, 1.54) is 17.7 Å². The molecule has 8 heteroatoms. The Morgan fingerprint density at radius 2 is 1.94 bits per heavy atom. The highest BCUT2D eigenvalue weighted by Crippen LogP contribution is 2.35. The van der Waals surface area contributed by atoms with Gasteiger partial charge in [-0.3, -0.25) is 9.48 Å². The maximum absolute atomic E-state index is 13.3. The molecule has 0 bridgehead atoms. The number of benzene rings is 1. The minimum atomic E-state index is -0.229. The highest BCUT2D eigenvalue weighted by molar-refractivity contribution is 5.93. The van der Waals surface area contributed by atoms with Crippen LogP contribution in [-0.4, -0.2) is 43.6 Å². The van der Waals surface area contributed by atoms with Gasteiger partial charge in [-0.1, -0.05) is 12.1 Å². The molecule has 1 fully saturated rings. The Kier molecular flexibility index (Phi) is 5.36. The summed E-state index contributed by atoms with van der Waals surface area (Å²) in [5, 5.41) is 4.14. The molecule has 0 radical (unpaired) electrons. The third-order valence-electron chi connectivity index (χ3n) is 6.50. The van der Waals surface area contributed by atoms with Crippen LogP contribution in [0.4, 0.5) is 10.2 Å². The largest absolute Gasteiger partial charge is 0.352 e. The van der Waals surface area contributed by atoms with Crippen molar-refractivity contribution in [1.29, 1.82) is 0 Å². The predicted octanol–water partition coefficient (Wildman–Crippen LogP) is 3.59. The van der Waals surface area contributed by atoms with Crippen molar-refractivity contribution in [3.8, 4) is 0 Å². The summed E-state index contributed by atoms with van der Waals surface area (Å²) < 4.78 is 15.0. The first-order valence-electron chi connectivity index (χ1n) is 11.2. The van der Waals surface area contributed by atoms with Crippen LogP contribution in [0.3, 0.4) is 0 Å². The lowest BCUT2D eigenvalue weighted by molar-refractivity contribution is 0.0718. The molecule has 1 aromatic carbocycles. The summed E-state index contributed by atoms with van der Waals surface area (Å²) in [6.45, 7) is 4.29. The monoisotopic (exact) mass is 434 g/mol. The molecular weight excluding hydrogens is 407 g/mol. The quantitative estimate of drug-likeness (QED) is 0.628. The van der Waals surface area contributed by atoms with E-state index >= 15 is 0 Å². The first kappa shape index (κ1) is 20.6. The van der Waals surface area contributed by atoms with Gasteiger partial charge < -0.3 is 9.80 Å². The minimum absolute atomic E-state index is 0.0327. The number of nitrogens with zero attached hydrogens (tertiary/aromatic N) is 6. The molecule has 1 unspecified atom stereocenters. The Morgan fingerprint density at radius 3 is 2.69 bits per heavy atom. The van der Waals surface area contributed by atoms with Crippen molar-refractivity contribution in [2.75, 3.05) is 18.0 Å². The summed E-state index contributed by atoms with van der Waals surface area (Å²) in [7, 11) is 1.78. The Morgan fingerprint density at radius 1 is 1.12 bits per heavy atom. The van der Waals surface area contributed by atoms with Crippen LogP contribution in [0.5, 0.6) is 0 Å². The summed E-state index contributed by atoms with van der Waals surface area (Å²) in [6, 6.07) is 8.25. The molecule has 5 rings (SSSR count). The van der Waals surface area contributed by atoms with E-state index in [-0.39, 0.29) is 17.8 Å². The van der Waals surface area contributed by atoms with Crippen LogP contribution in [0, 0.1) is 12.7 Å². The number of hydrogen-bond acceptors (Lipinski definition) is 5. The maximum atomic E-state index is 13.3. The zero-order valence-corrected chi connectivity index (χ0v) is 18.5. The molecule has 0 aliphatic carbocycles. The summed E-state index contributed by atoms with van der Waals surface area (Å²) in [5.74, 6) is 1.39. The van der Waals surface area contributed by atoms with Gasteiger partial charge in [-0.05, 0) is 56.4 Å². The molecule has 2 aliphatic rings. The second kappa shape index (κ2) is 8.33. The Balaban J connectivity index is 1.46. The van der Waals surface area contributed by atoms with Gasteiger partial charge in [0.25, 0.3) is 5.91 Å². The predicted molar refractivity (Wildman–Crippen MR) is 119 cm³/mol. The standard InChI is InChI=1S/C24H27FN6O/c1-16-19-5-3-13-30(15-17-7-9-18(25)10-8-17)23(19)28-22(27-16)20-6-4-14-31(20)24(32)21-11-12-26-29(21)2/h7-12,20H,3-6,13-15H2,1-2H3. The second-order valence-corrected chi connectivity index (χ2v) is 8.62. The van der Waals surface area contributed by atoms with Crippen molar-refractivity contribution < 1.29 is 9.18 Å². The molecule has 32 heavy (non-hydrogen) atoms. The van der Waals surface area contributed by atoms with Gasteiger partial charge in [-0.2, -0.15) is 5.10 Å². The average molecular weight is 435 g/mol. The molecule has 4 heterocycles. The molecule has 7 nitrogen and oxygen atoms in total. The Bertz CT molecular complexity index is 1140. The van der Waals surface area contributed by atoms with Crippen LogP contribution in [0.2, 0.25) is 0 Å². The first-order chi connectivity index (χ1) is 15.5. The van der Waals surface area contributed by atoms with E-state index in [1.807, 2.05) is 24.0 Å². The van der Waals surface area contributed by atoms with Crippen molar-refractivity contribution >= 4 is 11.7 Å². The molecule has 1 amide bonds. The molecule has 166 valence electrons. The summed E-state index contributed by atoms with van der Waals surface area (Å²) >= 11 is 0. The summed E-state index contributed by atoms with van der Waals surface area (Å²) in [5.41, 5.74) is 3.77. The van der Waals surface area contributed by atoms with Gasteiger partial charge in [0, 0.05) is 44.1 Å². The topological polar surface area (TPSA) is 67.2 Å². The number of aromatic nitrogens is 4. The number of anilines is 1. The highest BCUT2D eigenvalue weighted by atomic mass is 19.1. The van der Waals surface area contributed by atoms with Crippen molar-refractivity contribution in [2.45, 2.75) is 45.2 Å². The summed E-state index contributed by atoms with van der Waals surface area (Å²) in [4.78, 5) is 27.2. The molecule has 1 atom stereocenters. The van der Waals surface area contributed by atoms with Gasteiger partial charge in [0.2, 0.25) is 0 Å². The lowest BCUT2D eigenvalue weighted by atomic mass is 10.0. The number of amides is 1. The molecule has 3 aromatic rings. The van der Waals surface area contributed by atoms with E-state index in [1.54, 1.807) is 24.0 Å². The van der Waals surface area contributed by atoms with Gasteiger partial charge >= 0.3 is 0 Å². The number of carbonyl (C=O) groups is 1. The Labute approximate surface area is 186 Å². The lowest BCUT2D eigenvalue weighted by Crippen LogP contribution is -2.35. The number of likely N-dealkylation sites (tertiary alicyclic amines) is 1. The lowest BCUT2D eigenvalue weighted by Gasteiger charge is -2.32. The third kappa shape index (κ3) is 3.74. The molecule has 1 saturated heterocycles. The number of aryl methyl sites for hydroxylation is 2. The zero-order chi connectivity index (χ0) is 22.2. The molecule has 0 spiro atoms. The molecular formula is C24H27FN6O. The first-order valence-corrected chi connectivity index (χ1v) is 11.2. The van der Waals surface area contributed by atoms with Crippen LogP contribution in [-0.2, 0) is 20.0 Å². The second-order valence-electron chi connectivity index (χ2n) is 8.62. The van der Waals surface area contributed by atoms with E-state index in [9.17, 15) is 9.18 Å². The van der Waals surface area contributed by atoms with Crippen LogP contribution < -0.4 is 4.90 Å². The van der Waals surface area contributed by atoms with Gasteiger partial charge in [-0.25, -0.2) is 14.4 Å². The van der Waals surface area contributed by atoms with Crippen LogP contribution in [0.1, 0.15) is 58.4 Å². The number of fused-ring (bicyclic) bond motifs is 1. The van der Waals surface area contributed by atoms with Crippen molar-refractivity contribution in [1.82, 2.24) is 24.6 Å². The maximum Gasteiger partial charge on any atom is 0.272 e. The van der Waals surface area contributed by atoms with Gasteiger partial charge in [0.15, 0.2) is 5.82 Å². The number of halogens is 1. The van der Waals surface area contributed by atoms with E-state index < -0.39 is 0 Å². The van der Waals surface area contributed by atoms with E-state index in [0.29, 0.717) is 24.6 Å². The molecule has 0 N–H and O–H groups in total. The van der Waals surface area contributed by atoms with Crippen LogP contribution >= 0.6 is 0 Å². The summed E-state index contributed by atoms with van der Waals surface area (Å²) in [6.07, 6.45) is 5.40. The highest BCUT2D eigenvalue weighted by Gasteiger charge is 2.35. The SMILES string of the molecule is Cc1nc(C2CCCN2C(=O)c2ccnn2C)nc2c1CCCN2Cc1ccc(F)cc1. The molecule has 0 saturated carbocycles. The van der Waals surface area contributed by atoms with Crippen molar-refractivity contribution in [3.63, 3.8) is 0 Å². The van der Waals surface area contributed by atoms with Gasteiger partial charge in [0.1, 0.15) is 17.3 Å². The Hall–Kier alpha value is -3.29. The minimum Gasteiger partial charge on any atom is -0.352 e. The third-order valence-corrected chi connectivity index (χ3v) is 6.50. The van der Waals surface area contributed by atoms with Gasteiger partial charge in [-0.15, -0.1) is 0 Å². The van der Waals surface area contributed by atoms with Crippen LogP contribution in [0.25, 0.3) is 0 Å². The van der Waals surface area contributed by atoms with E-state index in [4.69, 9.17) is 9.97 Å².